The lowest BCUT2D eigenvalue weighted by Crippen LogP contribution is -2.01. The van der Waals surface area contributed by atoms with Crippen molar-refractivity contribution in [3.8, 4) is 5.75 Å². The van der Waals surface area contributed by atoms with Crippen LogP contribution >= 0.6 is 0 Å². The third kappa shape index (κ3) is 2.50. The van der Waals surface area contributed by atoms with Crippen LogP contribution in [0.1, 0.15) is 11.1 Å². The molecule has 0 fully saturated rings. The number of aromatic nitrogens is 1. The SMILES string of the molecule is COc1ccc(CNc2noc3cccc(N)c23)cc1C. The Hall–Kier alpha value is -2.69. The van der Waals surface area contributed by atoms with E-state index >= 15 is 0 Å². The van der Waals surface area contributed by atoms with Gasteiger partial charge in [0.1, 0.15) is 5.75 Å². The van der Waals surface area contributed by atoms with Crippen molar-refractivity contribution >= 4 is 22.5 Å². The largest absolute Gasteiger partial charge is 0.496 e. The maximum absolute atomic E-state index is 5.98. The standard InChI is InChI=1S/C16H17N3O2/c1-10-8-11(6-7-13(10)20-2)9-18-16-15-12(17)4-3-5-14(15)21-19-16/h3-8H,9,17H2,1-2H3,(H,18,19). The van der Waals surface area contributed by atoms with Gasteiger partial charge in [0.15, 0.2) is 11.4 Å². The molecule has 21 heavy (non-hydrogen) atoms. The number of nitrogens with zero attached hydrogens (tertiary/aromatic N) is 1. The molecule has 0 aliphatic carbocycles. The fourth-order valence-electron chi connectivity index (χ4n) is 2.37. The molecule has 0 aliphatic rings. The van der Waals surface area contributed by atoms with Gasteiger partial charge in [0, 0.05) is 12.2 Å². The summed E-state index contributed by atoms with van der Waals surface area (Å²) in [6.07, 6.45) is 0. The van der Waals surface area contributed by atoms with Gasteiger partial charge in [-0.05, 0) is 36.2 Å². The summed E-state index contributed by atoms with van der Waals surface area (Å²) < 4.78 is 10.5. The van der Waals surface area contributed by atoms with Gasteiger partial charge in [0.05, 0.1) is 12.5 Å². The van der Waals surface area contributed by atoms with E-state index in [1.165, 1.54) is 0 Å². The minimum absolute atomic E-state index is 0.640. The molecular formula is C16H17N3O2. The van der Waals surface area contributed by atoms with Crippen molar-refractivity contribution in [2.24, 2.45) is 0 Å². The topological polar surface area (TPSA) is 73.3 Å². The zero-order valence-corrected chi connectivity index (χ0v) is 12.0. The lowest BCUT2D eigenvalue weighted by atomic mass is 10.1. The number of nitrogens with one attached hydrogen (secondary N) is 1. The van der Waals surface area contributed by atoms with E-state index in [1.54, 1.807) is 7.11 Å². The van der Waals surface area contributed by atoms with E-state index < -0.39 is 0 Å². The minimum atomic E-state index is 0.640. The second kappa shape index (κ2) is 5.36. The van der Waals surface area contributed by atoms with E-state index in [2.05, 4.69) is 16.5 Å². The summed E-state index contributed by atoms with van der Waals surface area (Å²) in [5.74, 6) is 1.55. The summed E-state index contributed by atoms with van der Waals surface area (Å²) in [7, 11) is 1.67. The zero-order chi connectivity index (χ0) is 14.8. The van der Waals surface area contributed by atoms with Crippen molar-refractivity contribution in [1.82, 2.24) is 5.16 Å². The van der Waals surface area contributed by atoms with Crippen LogP contribution in [0.4, 0.5) is 11.5 Å². The van der Waals surface area contributed by atoms with Gasteiger partial charge in [0.25, 0.3) is 0 Å². The molecule has 1 heterocycles. The van der Waals surface area contributed by atoms with Gasteiger partial charge in [0.2, 0.25) is 0 Å². The number of nitrogen functional groups attached to an aromatic ring is 1. The summed E-state index contributed by atoms with van der Waals surface area (Å²) >= 11 is 0. The molecule has 0 atom stereocenters. The summed E-state index contributed by atoms with van der Waals surface area (Å²) in [5.41, 5.74) is 9.55. The minimum Gasteiger partial charge on any atom is -0.496 e. The van der Waals surface area contributed by atoms with Gasteiger partial charge in [-0.25, -0.2) is 0 Å². The summed E-state index contributed by atoms with van der Waals surface area (Å²) in [5, 5.41) is 8.12. The number of anilines is 2. The number of benzene rings is 2. The number of aryl methyl sites for hydroxylation is 1. The molecule has 0 amide bonds. The smallest absolute Gasteiger partial charge is 0.179 e. The Kier molecular flexibility index (Phi) is 3.39. The highest BCUT2D eigenvalue weighted by molar-refractivity contribution is 5.97. The zero-order valence-electron chi connectivity index (χ0n) is 12.0. The van der Waals surface area contributed by atoms with Crippen LogP contribution in [0.25, 0.3) is 11.0 Å². The molecule has 0 aliphatic heterocycles. The quantitative estimate of drug-likeness (QED) is 0.718. The van der Waals surface area contributed by atoms with Crippen molar-refractivity contribution in [2.45, 2.75) is 13.5 Å². The molecule has 0 saturated heterocycles. The number of nitrogens with two attached hydrogens (primary N) is 1. The average molecular weight is 283 g/mol. The van der Waals surface area contributed by atoms with Crippen LogP contribution in [0.2, 0.25) is 0 Å². The van der Waals surface area contributed by atoms with Gasteiger partial charge in [-0.2, -0.15) is 0 Å². The summed E-state index contributed by atoms with van der Waals surface area (Å²) in [4.78, 5) is 0. The third-order valence-corrected chi connectivity index (χ3v) is 3.45. The van der Waals surface area contributed by atoms with Crippen LogP contribution in [-0.4, -0.2) is 12.3 Å². The van der Waals surface area contributed by atoms with Gasteiger partial charge in [-0.15, -0.1) is 0 Å². The summed E-state index contributed by atoms with van der Waals surface area (Å²) in [6, 6.07) is 11.6. The molecule has 1 aromatic heterocycles. The van der Waals surface area contributed by atoms with Gasteiger partial charge >= 0.3 is 0 Å². The molecular weight excluding hydrogens is 266 g/mol. The van der Waals surface area contributed by atoms with Crippen LogP contribution in [0.3, 0.4) is 0 Å². The number of ether oxygens (including phenoxy) is 1. The Morgan fingerprint density at radius 3 is 2.90 bits per heavy atom. The second-order valence-corrected chi connectivity index (χ2v) is 4.91. The highest BCUT2D eigenvalue weighted by Gasteiger charge is 2.10. The second-order valence-electron chi connectivity index (χ2n) is 4.91. The predicted octanol–water partition coefficient (Wildman–Crippen LogP) is 3.34. The Balaban J connectivity index is 1.82. The fourth-order valence-corrected chi connectivity index (χ4v) is 2.37. The molecule has 3 aromatic rings. The molecule has 2 aromatic carbocycles. The first-order valence-electron chi connectivity index (χ1n) is 6.70. The normalized spacial score (nSPS) is 10.8. The van der Waals surface area contributed by atoms with Gasteiger partial charge in [-0.1, -0.05) is 23.4 Å². The van der Waals surface area contributed by atoms with Crippen LogP contribution < -0.4 is 15.8 Å². The first-order valence-corrected chi connectivity index (χ1v) is 6.70. The Labute approximate surface area is 122 Å². The van der Waals surface area contributed by atoms with Crippen molar-refractivity contribution < 1.29 is 9.26 Å². The monoisotopic (exact) mass is 283 g/mol. The molecule has 5 nitrogen and oxygen atoms in total. The first kappa shape index (κ1) is 13.3. The molecule has 0 bridgehead atoms. The maximum atomic E-state index is 5.98. The van der Waals surface area contributed by atoms with E-state index in [0.717, 1.165) is 22.3 Å². The van der Waals surface area contributed by atoms with Crippen molar-refractivity contribution in [3.63, 3.8) is 0 Å². The first-order chi connectivity index (χ1) is 10.2. The van der Waals surface area contributed by atoms with Crippen LogP contribution in [-0.2, 0) is 6.54 Å². The molecule has 0 spiro atoms. The van der Waals surface area contributed by atoms with Crippen molar-refractivity contribution in [1.29, 1.82) is 0 Å². The summed E-state index contributed by atoms with van der Waals surface area (Å²) in [6.45, 7) is 2.66. The van der Waals surface area contributed by atoms with Crippen LogP contribution in [0.5, 0.6) is 5.75 Å². The Morgan fingerprint density at radius 2 is 2.14 bits per heavy atom. The van der Waals surface area contributed by atoms with E-state index in [0.29, 0.717) is 23.6 Å². The molecule has 0 radical (unpaired) electrons. The van der Waals surface area contributed by atoms with E-state index in [1.807, 2.05) is 37.3 Å². The molecule has 5 heteroatoms. The van der Waals surface area contributed by atoms with Crippen LogP contribution in [0, 0.1) is 6.92 Å². The molecule has 3 rings (SSSR count). The number of rotatable bonds is 4. The number of methoxy groups -OCH3 is 1. The number of fused-ring (bicyclic) bond motifs is 1. The van der Waals surface area contributed by atoms with E-state index in [9.17, 15) is 0 Å². The van der Waals surface area contributed by atoms with Crippen LogP contribution in [0.15, 0.2) is 40.9 Å². The predicted molar refractivity (Wildman–Crippen MR) is 83.5 cm³/mol. The Morgan fingerprint density at radius 1 is 1.29 bits per heavy atom. The lowest BCUT2D eigenvalue weighted by molar-refractivity contribution is 0.411. The van der Waals surface area contributed by atoms with Crippen molar-refractivity contribution in [3.05, 3.63) is 47.5 Å². The third-order valence-electron chi connectivity index (χ3n) is 3.45. The average Bonchev–Trinajstić information content (AvgIpc) is 2.90. The molecule has 0 unspecified atom stereocenters. The number of hydrogen-bond donors (Lipinski definition) is 2. The molecule has 3 N–H and O–H groups in total. The molecule has 108 valence electrons. The Bertz CT molecular complexity index is 780. The van der Waals surface area contributed by atoms with Crippen molar-refractivity contribution in [2.75, 3.05) is 18.2 Å². The number of hydrogen-bond acceptors (Lipinski definition) is 5. The van der Waals surface area contributed by atoms with Gasteiger partial charge in [-0.3, -0.25) is 0 Å². The fraction of sp³-hybridized carbons (Fsp3) is 0.188. The highest BCUT2D eigenvalue weighted by atomic mass is 16.5. The highest BCUT2D eigenvalue weighted by Crippen LogP contribution is 2.28. The van der Waals surface area contributed by atoms with E-state index in [-0.39, 0.29) is 0 Å². The lowest BCUT2D eigenvalue weighted by Gasteiger charge is -2.08. The molecule has 0 saturated carbocycles. The maximum Gasteiger partial charge on any atom is 0.179 e. The van der Waals surface area contributed by atoms with E-state index in [4.69, 9.17) is 15.0 Å². The van der Waals surface area contributed by atoms with Gasteiger partial charge < -0.3 is 20.3 Å².